The molecule has 1 N–H and O–H groups in total. The number of carbonyl (C=O) groups is 3. The quantitative estimate of drug-likeness (QED) is 0.814. The Labute approximate surface area is 180 Å². The van der Waals surface area contributed by atoms with Crippen molar-refractivity contribution in [2.45, 2.75) is 32.5 Å². The minimum atomic E-state index is -1.29. The maximum atomic E-state index is 13.4. The largest absolute Gasteiger partial charge is 0.480 e. The summed E-state index contributed by atoms with van der Waals surface area (Å²) >= 11 is 0. The van der Waals surface area contributed by atoms with Gasteiger partial charge in [0.2, 0.25) is 6.17 Å². The van der Waals surface area contributed by atoms with E-state index in [1.807, 2.05) is 30.3 Å². The second-order valence-corrected chi connectivity index (χ2v) is 8.14. The summed E-state index contributed by atoms with van der Waals surface area (Å²) in [6.45, 7) is 4.60. The Hall–Kier alpha value is -3.68. The van der Waals surface area contributed by atoms with Crippen molar-refractivity contribution in [2.24, 2.45) is 4.99 Å². The Kier molecular flexibility index (Phi) is 6.10. The lowest BCUT2D eigenvalue weighted by Crippen LogP contribution is -2.50. The Morgan fingerprint density at radius 3 is 2.32 bits per heavy atom. The number of ether oxygens (including phenoxy) is 1. The van der Waals surface area contributed by atoms with E-state index >= 15 is 0 Å². The molecule has 1 heterocycles. The topological polar surface area (TPSA) is 99.5 Å². The molecule has 0 fully saturated rings. The average molecular weight is 423 g/mol. The first kappa shape index (κ1) is 22.0. The average Bonchev–Trinajstić information content (AvgIpc) is 2.82. The maximum Gasteiger partial charge on any atom is 0.412 e. The monoisotopic (exact) mass is 423 g/mol. The van der Waals surface area contributed by atoms with Crippen molar-refractivity contribution < 1.29 is 24.2 Å². The zero-order valence-electron chi connectivity index (χ0n) is 17.9. The van der Waals surface area contributed by atoms with Crippen LogP contribution in [-0.2, 0) is 14.3 Å². The Bertz CT molecular complexity index is 1030. The van der Waals surface area contributed by atoms with Crippen molar-refractivity contribution in [1.29, 1.82) is 0 Å². The van der Waals surface area contributed by atoms with Crippen LogP contribution in [0.3, 0.4) is 0 Å². The number of aliphatic carboxylic acids is 1. The predicted octanol–water partition coefficient (Wildman–Crippen LogP) is 3.15. The SMILES string of the molecule is CN(C(=O)OC(C)(C)C)C1N=C(c2ccccc2)c2ccccc2N(CC(=O)O)C1=O. The number of fused-ring (bicyclic) bond motifs is 1. The van der Waals surface area contributed by atoms with Crippen molar-refractivity contribution >= 4 is 29.4 Å². The van der Waals surface area contributed by atoms with Gasteiger partial charge in [-0.1, -0.05) is 48.5 Å². The lowest BCUT2D eigenvalue weighted by Gasteiger charge is -2.30. The number of carbonyl (C=O) groups excluding carboxylic acids is 2. The number of carboxylic acid groups (broad SMARTS) is 1. The summed E-state index contributed by atoms with van der Waals surface area (Å²) in [6, 6.07) is 16.2. The van der Waals surface area contributed by atoms with Gasteiger partial charge in [0.1, 0.15) is 12.1 Å². The number of aliphatic imine (C=N–C) groups is 1. The fourth-order valence-electron chi connectivity index (χ4n) is 3.22. The Morgan fingerprint density at radius 2 is 1.71 bits per heavy atom. The molecule has 2 aromatic rings. The molecule has 0 saturated heterocycles. The molecule has 2 amide bonds. The molecule has 8 nitrogen and oxygen atoms in total. The molecule has 1 atom stereocenters. The fourth-order valence-corrected chi connectivity index (χ4v) is 3.22. The highest BCUT2D eigenvalue weighted by Gasteiger charge is 2.38. The first-order chi connectivity index (χ1) is 14.6. The number of hydrogen-bond acceptors (Lipinski definition) is 5. The van der Waals surface area contributed by atoms with Gasteiger partial charge in [-0.15, -0.1) is 0 Å². The highest BCUT2D eigenvalue weighted by Crippen LogP contribution is 2.29. The number of hydrogen-bond donors (Lipinski definition) is 1. The van der Waals surface area contributed by atoms with Crippen LogP contribution in [0, 0.1) is 0 Å². The summed E-state index contributed by atoms with van der Waals surface area (Å²) in [5, 5.41) is 9.43. The summed E-state index contributed by atoms with van der Waals surface area (Å²) < 4.78 is 5.41. The highest BCUT2D eigenvalue weighted by atomic mass is 16.6. The molecule has 0 radical (unpaired) electrons. The molecule has 1 aliphatic rings. The van der Waals surface area contributed by atoms with Crippen LogP contribution in [0.25, 0.3) is 0 Å². The number of nitrogens with zero attached hydrogens (tertiary/aromatic N) is 3. The van der Waals surface area contributed by atoms with E-state index in [1.54, 1.807) is 45.0 Å². The van der Waals surface area contributed by atoms with Gasteiger partial charge in [0.25, 0.3) is 5.91 Å². The first-order valence-electron chi connectivity index (χ1n) is 9.80. The third-order valence-corrected chi connectivity index (χ3v) is 4.58. The summed E-state index contributed by atoms with van der Waals surface area (Å²) in [6.07, 6.45) is -2.03. The molecule has 8 heteroatoms. The van der Waals surface area contributed by atoms with Gasteiger partial charge < -0.3 is 9.84 Å². The van der Waals surface area contributed by atoms with Crippen LogP contribution in [-0.4, -0.2) is 59.0 Å². The zero-order valence-corrected chi connectivity index (χ0v) is 17.9. The molecule has 3 rings (SSSR count). The van der Waals surface area contributed by atoms with E-state index in [1.165, 1.54) is 7.05 Å². The summed E-state index contributed by atoms with van der Waals surface area (Å²) in [5.41, 5.74) is 1.47. The van der Waals surface area contributed by atoms with Crippen molar-refractivity contribution in [1.82, 2.24) is 4.90 Å². The van der Waals surface area contributed by atoms with Gasteiger partial charge in [-0.05, 0) is 26.8 Å². The Morgan fingerprint density at radius 1 is 1.10 bits per heavy atom. The van der Waals surface area contributed by atoms with E-state index < -0.39 is 36.3 Å². The molecular formula is C23H25N3O5. The molecule has 2 aromatic carbocycles. The first-order valence-corrected chi connectivity index (χ1v) is 9.80. The molecular weight excluding hydrogens is 398 g/mol. The second kappa shape index (κ2) is 8.59. The van der Waals surface area contributed by atoms with E-state index in [0.717, 1.165) is 15.4 Å². The molecule has 0 bridgehead atoms. The minimum Gasteiger partial charge on any atom is -0.480 e. The van der Waals surface area contributed by atoms with E-state index in [9.17, 15) is 19.5 Å². The molecule has 0 spiro atoms. The number of rotatable bonds is 4. The number of amides is 2. The molecule has 0 aromatic heterocycles. The molecule has 0 saturated carbocycles. The van der Waals surface area contributed by atoms with E-state index in [2.05, 4.69) is 4.99 Å². The van der Waals surface area contributed by atoms with Crippen molar-refractivity contribution in [3.8, 4) is 0 Å². The number of anilines is 1. The number of likely N-dealkylation sites (N-methyl/N-ethyl adjacent to an activating group) is 1. The maximum absolute atomic E-state index is 13.4. The fraction of sp³-hybridized carbons (Fsp3) is 0.304. The molecule has 0 aliphatic carbocycles. The van der Waals surface area contributed by atoms with Gasteiger partial charge in [0.05, 0.1) is 11.4 Å². The third kappa shape index (κ3) is 4.91. The van der Waals surface area contributed by atoms with Crippen molar-refractivity contribution in [3.63, 3.8) is 0 Å². The van der Waals surface area contributed by atoms with Crippen molar-refractivity contribution in [2.75, 3.05) is 18.5 Å². The number of benzodiazepines with no additional fused rings is 1. The molecule has 1 aliphatic heterocycles. The normalized spacial score (nSPS) is 16.1. The van der Waals surface area contributed by atoms with Gasteiger partial charge in [-0.2, -0.15) is 0 Å². The minimum absolute atomic E-state index is 0.414. The van der Waals surface area contributed by atoms with Crippen LogP contribution in [0.1, 0.15) is 31.9 Å². The molecule has 31 heavy (non-hydrogen) atoms. The van der Waals surface area contributed by atoms with E-state index in [4.69, 9.17) is 4.74 Å². The Balaban J connectivity index is 2.17. The van der Waals surface area contributed by atoms with Crippen LogP contribution in [0.15, 0.2) is 59.6 Å². The van der Waals surface area contributed by atoms with Gasteiger partial charge in [-0.25, -0.2) is 9.79 Å². The van der Waals surface area contributed by atoms with Gasteiger partial charge in [0.15, 0.2) is 0 Å². The van der Waals surface area contributed by atoms with Crippen LogP contribution in [0.2, 0.25) is 0 Å². The van der Waals surface area contributed by atoms with Crippen LogP contribution >= 0.6 is 0 Å². The lowest BCUT2D eigenvalue weighted by molar-refractivity contribution is -0.137. The number of para-hydroxylation sites is 1. The molecule has 162 valence electrons. The summed E-state index contributed by atoms with van der Waals surface area (Å²) in [7, 11) is 1.41. The van der Waals surface area contributed by atoms with Gasteiger partial charge in [-0.3, -0.25) is 19.4 Å². The summed E-state index contributed by atoms with van der Waals surface area (Å²) in [5.74, 6) is -1.81. The second-order valence-electron chi connectivity index (χ2n) is 8.14. The zero-order chi connectivity index (χ0) is 22.8. The lowest BCUT2D eigenvalue weighted by atomic mass is 10.0. The van der Waals surface area contributed by atoms with Gasteiger partial charge >= 0.3 is 12.1 Å². The number of carboxylic acids is 1. The highest BCUT2D eigenvalue weighted by molar-refractivity contribution is 6.20. The predicted molar refractivity (Wildman–Crippen MR) is 116 cm³/mol. The summed E-state index contributed by atoms with van der Waals surface area (Å²) in [4.78, 5) is 44.6. The van der Waals surface area contributed by atoms with E-state index in [0.29, 0.717) is 17.0 Å². The van der Waals surface area contributed by atoms with Crippen LogP contribution in [0.5, 0.6) is 0 Å². The van der Waals surface area contributed by atoms with Crippen LogP contribution < -0.4 is 4.90 Å². The van der Waals surface area contributed by atoms with Crippen molar-refractivity contribution in [3.05, 3.63) is 65.7 Å². The van der Waals surface area contributed by atoms with Gasteiger partial charge in [0, 0.05) is 18.2 Å². The number of benzene rings is 2. The molecule has 1 unspecified atom stereocenters. The third-order valence-electron chi connectivity index (χ3n) is 4.58. The van der Waals surface area contributed by atoms with E-state index in [-0.39, 0.29) is 0 Å². The van der Waals surface area contributed by atoms with Crippen LogP contribution in [0.4, 0.5) is 10.5 Å². The smallest absolute Gasteiger partial charge is 0.412 e. The standard InChI is InChI=1S/C23H25N3O5/c1-23(2,3)31-22(30)25(4)20-21(29)26(14-18(27)28)17-13-9-8-12-16(17)19(24-20)15-10-6-5-7-11-15/h5-13,20H,14H2,1-4H3,(H,27,28).